The second-order valence-electron chi connectivity index (χ2n) is 6.07. The van der Waals surface area contributed by atoms with E-state index in [0.29, 0.717) is 29.9 Å². The van der Waals surface area contributed by atoms with Crippen molar-refractivity contribution in [3.63, 3.8) is 0 Å². The van der Waals surface area contributed by atoms with Crippen molar-refractivity contribution in [3.05, 3.63) is 53.2 Å². The van der Waals surface area contributed by atoms with Gasteiger partial charge in [0, 0.05) is 24.0 Å². The van der Waals surface area contributed by atoms with Crippen molar-refractivity contribution in [2.45, 2.75) is 26.9 Å². The molecule has 1 aromatic carbocycles. The van der Waals surface area contributed by atoms with Crippen molar-refractivity contribution in [1.29, 1.82) is 0 Å². The molecule has 1 aromatic heterocycles. The molecule has 2 aromatic rings. The van der Waals surface area contributed by atoms with E-state index in [0.717, 1.165) is 6.07 Å². The fraction of sp³-hybridized carbons (Fsp3) is 0.333. The monoisotopic (exact) mass is 336 g/mol. The van der Waals surface area contributed by atoms with Crippen LogP contribution >= 0.6 is 0 Å². The quantitative estimate of drug-likeness (QED) is 0.719. The third-order valence-electron chi connectivity index (χ3n) is 3.57. The van der Waals surface area contributed by atoms with E-state index >= 15 is 0 Å². The number of aryl methyl sites for hydroxylation is 1. The molecule has 0 saturated heterocycles. The number of halogens is 3. The van der Waals surface area contributed by atoms with Crippen LogP contribution in [0.5, 0.6) is 0 Å². The SMILES string of the molecule is Cc1ccc(N(CC(C)C)c2ccc(C=O)cn2)cc1C(F)(F)F. The van der Waals surface area contributed by atoms with Crippen LogP contribution in [0, 0.1) is 12.8 Å². The number of hydrogen-bond acceptors (Lipinski definition) is 3. The van der Waals surface area contributed by atoms with E-state index in [-0.39, 0.29) is 11.5 Å². The number of hydrogen-bond donors (Lipinski definition) is 0. The Bertz CT molecular complexity index is 709. The zero-order valence-corrected chi connectivity index (χ0v) is 13.8. The third-order valence-corrected chi connectivity index (χ3v) is 3.57. The largest absolute Gasteiger partial charge is 0.416 e. The van der Waals surface area contributed by atoms with Crippen molar-refractivity contribution in [2.75, 3.05) is 11.4 Å². The summed E-state index contributed by atoms with van der Waals surface area (Å²) < 4.78 is 39.5. The minimum atomic E-state index is -4.40. The average Bonchev–Trinajstić information content (AvgIpc) is 2.52. The van der Waals surface area contributed by atoms with Gasteiger partial charge in [0.1, 0.15) is 5.82 Å². The van der Waals surface area contributed by atoms with Gasteiger partial charge in [-0.25, -0.2) is 4.98 Å². The van der Waals surface area contributed by atoms with E-state index in [1.165, 1.54) is 19.2 Å². The number of aromatic nitrogens is 1. The van der Waals surface area contributed by atoms with Crippen molar-refractivity contribution >= 4 is 17.8 Å². The molecular weight excluding hydrogens is 317 g/mol. The molecule has 128 valence electrons. The van der Waals surface area contributed by atoms with Gasteiger partial charge in [-0.3, -0.25) is 4.79 Å². The predicted octanol–water partition coefficient (Wildman–Crippen LogP) is 5.02. The highest BCUT2D eigenvalue weighted by molar-refractivity contribution is 5.75. The number of pyridine rings is 1. The lowest BCUT2D eigenvalue weighted by Crippen LogP contribution is -2.24. The van der Waals surface area contributed by atoms with Gasteiger partial charge in [-0.1, -0.05) is 19.9 Å². The van der Waals surface area contributed by atoms with Gasteiger partial charge in [0.25, 0.3) is 0 Å². The van der Waals surface area contributed by atoms with Gasteiger partial charge in [-0.05, 0) is 42.7 Å². The Balaban J connectivity index is 2.49. The second-order valence-corrected chi connectivity index (χ2v) is 6.07. The number of alkyl halides is 3. The summed E-state index contributed by atoms with van der Waals surface area (Å²) in [5.74, 6) is 0.722. The van der Waals surface area contributed by atoms with Gasteiger partial charge in [0.2, 0.25) is 0 Å². The first-order chi connectivity index (χ1) is 11.2. The summed E-state index contributed by atoms with van der Waals surface area (Å²) in [4.78, 5) is 16.7. The number of benzene rings is 1. The number of aldehydes is 1. The molecule has 0 aliphatic rings. The Morgan fingerprint density at radius 1 is 1.21 bits per heavy atom. The molecule has 0 radical (unpaired) electrons. The first-order valence-electron chi connectivity index (χ1n) is 7.59. The molecule has 6 heteroatoms. The molecule has 0 atom stereocenters. The van der Waals surface area contributed by atoms with Crippen molar-refractivity contribution in [3.8, 4) is 0 Å². The topological polar surface area (TPSA) is 33.2 Å². The molecule has 1 heterocycles. The highest BCUT2D eigenvalue weighted by atomic mass is 19.4. The molecule has 0 N–H and O–H groups in total. The Labute approximate surface area is 139 Å². The van der Waals surface area contributed by atoms with Crippen LogP contribution in [-0.4, -0.2) is 17.8 Å². The number of anilines is 2. The molecule has 0 aliphatic carbocycles. The summed E-state index contributed by atoms with van der Waals surface area (Å²) in [7, 11) is 0. The maximum Gasteiger partial charge on any atom is 0.416 e. The van der Waals surface area contributed by atoms with Crippen molar-refractivity contribution < 1.29 is 18.0 Å². The van der Waals surface area contributed by atoms with E-state index in [1.54, 1.807) is 23.1 Å². The second kappa shape index (κ2) is 7.03. The highest BCUT2D eigenvalue weighted by Crippen LogP contribution is 2.36. The van der Waals surface area contributed by atoms with E-state index in [2.05, 4.69) is 4.98 Å². The maximum absolute atomic E-state index is 13.2. The summed E-state index contributed by atoms with van der Waals surface area (Å²) >= 11 is 0. The minimum absolute atomic E-state index is 0.181. The number of carbonyl (C=O) groups excluding carboxylic acids is 1. The van der Waals surface area contributed by atoms with E-state index < -0.39 is 11.7 Å². The summed E-state index contributed by atoms with van der Waals surface area (Å²) in [6.07, 6.45) is -2.32. The van der Waals surface area contributed by atoms with Crippen LogP contribution in [-0.2, 0) is 6.18 Å². The third kappa shape index (κ3) is 4.13. The minimum Gasteiger partial charge on any atom is -0.326 e. The van der Waals surface area contributed by atoms with Crippen LogP contribution in [0.4, 0.5) is 24.7 Å². The molecular formula is C18H19F3N2O. The number of nitrogens with zero attached hydrogens (tertiary/aromatic N) is 2. The van der Waals surface area contributed by atoms with Crippen LogP contribution in [0.1, 0.15) is 35.3 Å². The van der Waals surface area contributed by atoms with E-state index in [9.17, 15) is 18.0 Å². The number of rotatable bonds is 5. The lowest BCUT2D eigenvalue weighted by Gasteiger charge is -2.27. The highest BCUT2D eigenvalue weighted by Gasteiger charge is 2.33. The Morgan fingerprint density at radius 3 is 2.42 bits per heavy atom. The van der Waals surface area contributed by atoms with Crippen molar-refractivity contribution in [1.82, 2.24) is 4.98 Å². The Morgan fingerprint density at radius 2 is 1.92 bits per heavy atom. The van der Waals surface area contributed by atoms with Crippen LogP contribution in [0.25, 0.3) is 0 Å². The molecule has 0 bridgehead atoms. The lowest BCUT2D eigenvalue weighted by atomic mass is 10.1. The normalized spacial score (nSPS) is 11.6. The Hall–Kier alpha value is -2.37. The molecule has 0 spiro atoms. The summed E-state index contributed by atoms with van der Waals surface area (Å²) in [5, 5.41) is 0. The van der Waals surface area contributed by atoms with E-state index in [4.69, 9.17) is 0 Å². The van der Waals surface area contributed by atoms with Crippen LogP contribution < -0.4 is 4.90 Å². The van der Waals surface area contributed by atoms with Gasteiger partial charge >= 0.3 is 6.18 Å². The van der Waals surface area contributed by atoms with Crippen LogP contribution in [0.3, 0.4) is 0 Å². The lowest BCUT2D eigenvalue weighted by molar-refractivity contribution is -0.138. The molecule has 2 rings (SSSR count). The van der Waals surface area contributed by atoms with Gasteiger partial charge < -0.3 is 4.90 Å². The smallest absolute Gasteiger partial charge is 0.326 e. The predicted molar refractivity (Wildman–Crippen MR) is 87.6 cm³/mol. The van der Waals surface area contributed by atoms with Gasteiger partial charge in [0.15, 0.2) is 6.29 Å². The number of carbonyl (C=O) groups is 1. The Kier molecular flexibility index (Phi) is 5.26. The molecule has 0 saturated carbocycles. The fourth-order valence-corrected chi connectivity index (χ4v) is 2.41. The van der Waals surface area contributed by atoms with Gasteiger partial charge in [-0.2, -0.15) is 13.2 Å². The van der Waals surface area contributed by atoms with Crippen LogP contribution in [0.15, 0.2) is 36.5 Å². The standard InChI is InChI=1S/C18H19F3N2O/c1-12(2)10-23(17-7-5-14(11-24)9-22-17)15-6-4-13(3)16(8-15)18(19,20)21/h4-9,11-12H,10H2,1-3H3. The summed E-state index contributed by atoms with van der Waals surface area (Å²) in [5.41, 5.74) is 0.370. The molecule has 24 heavy (non-hydrogen) atoms. The average molecular weight is 336 g/mol. The van der Waals surface area contributed by atoms with Gasteiger partial charge in [0.05, 0.1) is 5.56 Å². The molecule has 3 nitrogen and oxygen atoms in total. The first kappa shape index (κ1) is 18.0. The first-order valence-corrected chi connectivity index (χ1v) is 7.59. The zero-order valence-electron chi connectivity index (χ0n) is 13.8. The molecule has 0 aliphatic heterocycles. The van der Waals surface area contributed by atoms with Crippen molar-refractivity contribution in [2.24, 2.45) is 5.92 Å². The van der Waals surface area contributed by atoms with E-state index in [1.807, 2.05) is 13.8 Å². The molecule has 0 unspecified atom stereocenters. The molecule has 0 amide bonds. The fourth-order valence-electron chi connectivity index (χ4n) is 2.41. The summed E-state index contributed by atoms with van der Waals surface area (Å²) in [6.45, 7) is 5.90. The molecule has 0 fully saturated rings. The van der Waals surface area contributed by atoms with Crippen LogP contribution in [0.2, 0.25) is 0 Å². The summed E-state index contributed by atoms with van der Waals surface area (Å²) in [6, 6.07) is 7.50. The zero-order chi connectivity index (χ0) is 17.9. The van der Waals surface area contributed by atoms with Gasteiger partial charge in [-0.15, -0.1) is 0 Å². The maximum atomic E-state index is 13.2.